The number of rotatable bonds is 3. The van der Waals surface area contributed by atoms with Crippen molar-refractivity contribution in [3.8, 4) is 0 Å². The summed E-state index contributed by atoms with van der Waals surface area (Å²) in [5, 5.41) is 0. The van der Waals surface area contributed by atoms with Crippen molar-refractivity contribution in [1.82, 2.24) is 4.90 Å². The Morgan fingerprint density at radius 3 is 2.64 bits per heavy atom. The predicted molar refractivity (Wildman–Crippen MR) is 88.2 cm³/mol. The number of piperidine rings is 1. The maximum atomic E-state index is 13.3. The average Bonchev–Trinajstić information content (AvgIpc) is 2.47. The minimum absolute atomic E-state index is 0.172. The van der Waals surface area contributed by atoms with E-state index in [2.05, 4.69) is 36.1 Å². The van der Waals surface area contributed by atoms with Crippen molar-refractivity contribution in [1.29, 1.82) is 0 Å². The number of hydrogen-bond acceptors (Lipinski definition) is 2. The molecule has 22 heavy (non-hydrogen) atoms. The van der Waals surface area contributed by atoms with Gasteiger partial charge in [0.05, 0.1) is 0 Å². The maximum absolute atomic E-state index is 13.3. The third-order valence-corrected chi connectivity index (χ3v) is 4.40. The second kappa shape index (κ2) is 6.59. The molecule has 2 unspecified atom stereocenters. The number of aryl methyl sites for hydroxylation is 1. The van der Waals surface area contributed by atoms with Crippen LogP contribution in [0.1, 0.15) is 29.0 Å². The monoisotopic (exact) mass is 298 g/mol. The summed E-state index contributed by atoms with van der Waals surface area (Å²) in [5.41, 5.74) is 9.89. The van der Waals surface area contributed by atoms with Gasteiger partial charge in [-0.3, -0.25) is 4.90 Å². The largest absolute Gasteiger partial charge is 0.327 e. The van der Waals surface area contributed by atoms with Gasteiger partial charge >= 0.3 is 0 Å². The van der Waals surface area contributed by atoms with Crippen molar-refractivity contribution in [2.45, 2.75) is 31.8 Å². The molecule has 2 aromatic rings. The molecule has 1 saturated heterocycles. The van der Waals surface area contributed by atoms with E-state index < -0.39 is 0 Å². The topological polar surface area (TPSA) is 29.3 Å². The van der Waals surface area contributed by atoms with Crippen LogP contribution in [-0.4, -0.2) is 24.0 Å². The lowest BCUT2D eigenvalue weighted by Gasteiger charge is -2.36. The molecule has 0 aliphatic carbocycles. The Kier molecular flexibility index (Phi) is 4.55. The van der Waals surface area contributed by atoms with Crippen LogP contribution in [0.2, 0.25) is 0 Å². The van der Waals surface area contributed by atoms with E-state index in [-0.39, 0.29) is 11.9 Å². The molecule has 3 rings (SSSR count). The third kappa shape index (κ3) is 3.73. The standard InChI is InChI=1S/C19H23FN2/c1-14-5-7-16(8-6-14)17-10-19(21)13-22(12-17)11-15-3-2-4-18(20)9-15/h2-9,17,19H,10-13,21H2,1H3. The van der Waals surface area contributed by atoms with E-state index in [1.807, 2.05) is 6.07 Å². The summed E-state index contributed by atoms with van der Waals surface area (Å²) in [6.07, 6.45) is 1.02. The van der Waals surface area contributed by atoms with E-state index in [0.29, 0.717) is 5.92 Å². The molecule has 0 aromatic heterocycles. The zero-order valence-electron chi connectivity index (χ0n) is 13.0. The van der Waals surface area contributed by atoms with Crippen LogP contribution in [-0.2, 0) is 6.54 Å². The molecule has 0 amide bonds. The summed E-state index contributed by atoms with van der Waals surface area (Å²) >= 11 is 0. The first kappa shape index (κ1) is 15.2. The number of nitrogens with two attached hydrogens (primary N) is 1. The molecule has 0 saturated carbocycles. The fourth-order valence-corrected chi connectivity index (χ4v) is 3.34. The van der Waals surface area contributed by atoms with Crippen LogP contribution in [0.5, 0.6) is 0 Å². The summed E-state index contributed by atoms with van der Waals surface area (Å²) in [7, 11) is 0. The van der Waals surface area contributed by atoms with Crippen molar-refractivity contribution >= 4 is 0 Å². The van der Waals surface area contributed by atoms with Gasteiger partial charge in [-0.15, -0.1) is 0 Å². The van der Waals surface area contributed by atoms with Gasteiger partial charge in [-0.05, 0) is 42.5 Å². The summed E-state index contributed by atoms with van der Waals surface area (Å²) < 4.78 is 13.3. The van der Waals surface area contributed by atoms with E-state index in [4.69, 9.17) is 5.73 Å². The number of likely N-dealkylation sites (tertiary alicyclic amines) is 1. The quantitative estimate of drug-likeness (QED) is 0.940. The average molecular weight is 298 g/mol. The Balaban J connectivity index is 1.72. The molecule has 1 aliphatic heterocycles. The van der Waals surface area contributed by atoms with Gasteiger partial charge in [-0.1, -0.05) is 42.0 Å². The highest BCUT2D eigenvalue weighted by Crippen LogP contribution is 2.27. The van der Waals surface area contributed by atoms with Crippen LogP contribution < -0.4 is 5.73 Å². The lowest BCUT2D eigenvalue weighted by Crippen LogP contribution is -2.45. The molecular formula is C19H23FN2. The molecule has 1 fully saturated rings. The van der Waals surface area contributed by atoms with Gasteiger partial charge in [0.1, 0.15) is 5.82 Å². The lowest BCUT2D eigenvalue weighted by molar-refractivity contribution is 0.181. The van der Waals surface area contributed by atoms with Crippen molar-refractivity contribution < 1.29 is 4.39 Å². The summed E-state index contributed by atoms with van der Waals surface area (Å²) in [6.45, 7) is 4.71. The highest BCUT2D eigenvalue weighted by atomic mass is 19.1. The number of benzene rings is 2. The molecule has 1 aliphatic rings. The first-order chi connectivity index (χ1) is 10.6. The van der Waals surface area contributed by atoms with Gasteiger partial charge in [0.15, 0.2) is 0 Å². The van der Waals surface area contributed by atoms with Crippen LogP contribution >= 0.6 is 0 Å². The van der Waals surface area contributed by atoms with E-state index in [1.54, 1.807) is 12.1 Å². The third-order valence-electron chi connectivity index (χ3n) is 4.40. The minimum Gasteiger partial charge on any atom is -0.327 e. The highest BCUT2D eigenvalue weighted by Gasteiger charge is 2.26. The number of nitrogens with zero attached hydrogens (tertiary/aromatic N) is 1. The molecule has 0 spiro atoms. The first-order valence-electron chi connectivity index (χ1n) is 7.89. The smallest absolute Gasteiger partial charge is 0.123 e. The molecule has 2 N–H and O–H groups in total. The van der Waals surface area contributed by atoms with Crippen molar-refractivity contribution in [2.24, 2.45) is 5.73 Å². The Bertz CT molecular complexity index is 624. The van der Waals surface area contributed by atoms with Crippen LogP contribution in [0.15, 0.2) is 48.5 Å². The van der Waals surface area contributed by atoms with E-state index in [0.717, 1.165) is 31.6 Å². The molecular weight excluding hydrogens is 275 g/mol. The fraction of sp³-hybridized carbons (Fsp3) is 0.368. The highest BCUT2D eigenvalue weighted by molar-refractivity contribution is 5.26. The number of halogens is 1. The number of hydrogen-bond donors (Lipinski definition) is 1. The Labute approximate surface area is 131 Å². The lowest BCUT2D eigenvalue weighted by atomic mass is 9.88. The second-order valence-corrected chi connectivity index (χ2v) is 6.43. The molecule has 0 bridgehead atoms. The van der Waals surface area contributed by atoms with Gasteiger partial charge in [0.25, 0.3) is 0 Å². The molecule has 116 valence electrons. The van der Waals surface area contributed by atoms with Gasteiger partial charge in [0.2, 0.25) is 0 Å². The fourth-order valence-electron chi connectivity index (χ4n) is 3.34. The summed E-state index contributed by atoms with van der Waals surface area (Å²) in [5.74, 6) is 0.284. The molecule has 1 heterocycles. The second-order valence-electron chi connectivity index (χ2n) is 6.43. The van der Waals surface area contributed by atoms with Gasteiger partial charge in [-0.25, -0.2) is 4.39 Å². The molecule has 3 heteroatoms. The summed E-state index contributed by atoms with van der Waals surface area (Å²) in [6, 6.07) is 15.8. The van der Waals surface area contributed by atoms with Crippen LogP contribution in [0, 0.1) is 12.7 Å². The molecule has 2 aromatic carbocycles. The van der Waals surface area contributed by atoms with Crippen molar-refractivity contribution in [3.63, 3.8) is 0 Å². The zero-order chi connectivity index (χ0) is 15.5. The predicted octanol–water partition coefficient (Wildman–Crippen LogP) is 3.45. The molecule has 0 radical (unpaired) electrons. The first-order valence-corrected chi connectivity index (χ1v) is 7.89. The van der Waals surface area contributed by atoms with E-state index in [9.17, 15) is 4.39 Å². The molecule has 2 nitrogen and oxygen atoms in total. The van der Waals surface area contributed by atoms with Gasteiger partial charge in [0, 0.05) is 25.7 Å². The Morgan fingerprint density at radius 1 is 1.14 bits per heavy atom. The van der Waals surface area contributed by atoms with E-state index in [1.165, 1.54) is 17.2 Å². The normalized spacial score (nSPS) is 22.7. The van der Waals surface area contributed by atoms with Crippen molar-refractivity contribution in [3.05, 3.63) is 71.0 Å². The Hall–Kier alpha value is -1.71. The molecule has 2 atom stereocenters. The van der Waals surface area contributed by atoms with Crippen molar-refractivity contribution in [2.75, 3.05) is 13.1 Å². The van der Waals surface area contributed by atoms with Crippen LogP contribution in [0.4, 0.5) is 4.39 Å². The van der Waals surface area contributed by atoms with Gasteiger partial charge < -0.3 is 5.73 Å². The van der Waals surface area contributed by atoms with Gasteiger partial charge in [-0.2, -0.15) is 0 Å². The van der Waals surface area contributed by atoms with Crippen LogP contribution in [0.25, 0.3) is 0 Å². The SMILES string of the molecule is Cc1ccc(C2CC(N)CN(Cc3cccc(F)c3)C2)cc1. The zero-order valence-corrected chi connectivity index (χ0v) is 13.0. The van der Waals surface area contributed by atoms with E-state index >= 15 is 0 Å². The summed E-state index contributed by atoms with van der Waals surface area (Å²) in [4.78, 5) is 2.34. The minimum atomic E-state index is -0.172. The maximum Gasteiger partial charge on any atom is 0.123 e. The van der Waals surface area contributed by atoms with Crippen LogP contribution in [0.3, 0.4) is 0 Å². The Morgan fingerprint density at radius 2 is 1.91 bits per heavy atom.